The number of fused-ring (bicyclic) bond motifs is 2. The van der Waals surface area contributed by atoms with Crippen LogP contribution in [0, 0.1) is 0 Å². The van der Waals surface area contributed by atoms with Crippen molar-refractivity contribution < 1.29 is 19.1 Å². The van der Waals surface area contributed by atoms with Gasteiger partial charge in [0.15, 0.2) is 5.65 Å². The molecule has 1 aromatic carbocycles. The minimum Gasteiger partial charge on any atom is -0.484 e. The van der Waals surface area contributed by atoms with E-state index in [9.17, 15) is 9.59 Å². The first-order valence-corrected chi connectivity index (χ1v) is 15.8. The van der Waals surface area contributed by atoms with Crippen LogP contribution in [-0.4, -0.2) is 43.2 Å². The van der Waals surface area contributed by atoms with Crippen LogP contribution in [0.3, 0.4) is 0 Å². The van der Waals surface area contributed by atoms with Gasteiger partial charge in [0, 0.05) is 16.9 Å². The Balaban J connectivity index is 1.19. The van der Waals surface area contributed by atoms with Gasteiger partial charge in [-0.3, -0.25) is 9.72 Å². The summed E-state index contributed by atoms with van der Waals surface area (Å²) in [5.41, 5.74) is 3.12. The molecular formula is C34H41N7O4. The van der Waals surface area contributed by atoms with E-state index in [0.717, 1.165) is 41.2 Å². The summed E-state index contributed by atoms with van der Waals surface area (Å²) in [5.74, 6) is 1.26. The van der Waals surface area contributed by atoms with E-state index in [4.69, 9.17) is 9.47 Å². The highest BCUT2D eigenvalue weighted by Crippen LogP contribution is 2.41. The smallest absolute Gasteiger partial charge is 0.376 e. The summed E-state index contributed by atoms with van der Waals surface area (Å²) >= 11 is 0. The zero-order valence-electron chi connectivity index (χ0n) is 26.6. The van der Waals surface area contributed by atoms with Gasteiger partial charge in [0.2, 0.25) is 5.82 Å². The number of pyridine rings is 1. The van der Waals surface area contributed by atoms with E-state index in [1.807, 2.05) is 57.3 Å². The second-order valence-corrected chi connectivity index (χ2v) is 13.3. The molecule has 0 unspecified atom stereocenters. The van der Waals surface area contributed by atoms with Crippen LogP contribution in [0.4, 0.5) is 10.6 Å². The molecule has 2 N–H and O–H groups in total. The molecule has 0 saturated heterocycles. The number of aromatic nitrogens is 5. The maximum Gasteiger partial charge on any atom is 0.376 e. The third-order valence-electron chi connectivity index (χ3n) is 8.84. The number of esters is 1. The van der Waals surface area contributed by atoms with Crippen LogP contribution in [-0.2, 0) is 15.6 Å². The average molecular weight is 612 g/mol. The van der Waals surface area contributed by atoms with Gasteiger partial charge in [-0.1, -0.05) is 64.8 Å². The number of carbonyl (C=O) groups excluding carboxylic acids is 2. The first-order valence-electron chi connectivity index (χ1n) is 15.8. The molecule has 0 aliphatic heterocycles. The lowest BCUT2D eigenvalue weighted by Crippen LogP contribution is -2.36. The molecule has 2 atom stereocenters. The largest absolute Gasteiger partial charge is 0.484 e. The molecule has 3 aromatic heterocycles. The molecule has 1 fully saturated rings. The highest BCUT2D eigenvalue weighted by molar-refractivity contribution is 5.90. The zero-order valence-corrected chi connectivity index (χ0v) is 26.6. The van der Waals surface area contributed by atoms with Crippen molar-refractivity contribution >= 4 is 23.5 Å². The van der Waals surface area contributed by atoms with Gasteiger partial charge in [0.05, 0.1) is 24.5 Å². The van der Waals surface area contributed by atoms with Crippen molar-refractivity contribution in [3.63, 3.8) is 0 Å². The molecule has 45 heavy (non-hydrogen) atoms. The second kappa shape index (κ2) is 12.1. The summed E-state index contributed by atoms with van der Waals surface area (Å²) in [4.78, 5) is 34.3. The third-order valence-corrected chi connectivity index (χ3v) is 8.84. The number of urea groups is 1. The van der Waals surface area contributed by atoms with Crippen molar-refractivity contribution in [1.82, 2.24) is 29.9 Å². The van der Waals surface area contributed by atoms with E-state index >= 15 is 0 Å². The second-order valence-electron chi connectivity index (χ2n) is 13.3. The Morgan fingerprint density at radius 2 is 1.78 bits per heavy atom. The normalized spacial score (nSPS) is 19.1. The number of hydrogen-bond acceptors (Lipinski definition) is 8. The molecule has 2 aliphatic carbocycles. The van der Waals surface area contributed by atoms with Crippen LogP contribution in [0.15, 0.2) is 48.7 Å². The van der Waals surface area contributed by atoms with E-state index in [1.54, 1.807) is 13.0 Å². The molecule has 2 aliphatic rings. The zero-order chi connectivity index (χ0) is 31.8. The highest BCUT2D eigenvalue weighted by atomic mass is 16.5. The molecule has 2 amide bonds. The fourth-order valence-electron chi connectivity index (χ4n) is 6.41. The SMILES string of the molecule is CCOC(=O)c1nc(NC(=O)N[C@H]2CC[C@@H](Oc3ccc4nnc(C5(C)CCCC5)n4c3)c3ccccc32)cc(C(C)(C)C)n1. The van der Waals surface area contributed by atoms with Gasteiger partial charge in [-0.15, -0.1) is 10.2 Å². The predicted octanol–water partition coefficient (Wildman–Crippen LogP) is 6.60. The minimum atomic E-state index is -0.633. The number of ether oxygens (including phenoxy) is 2. The van der Waals surface area contributed by atoms with Crippen molar-refractivity contribution in [2.24, 2.45) is 0 Å². The van der Waals surface area contributed by atoms with Gasteiger partial charge in [-0.2, -0.15) is 0 Å². The van der Waals surface area contributed by atoms with Crippen LogP contribution < -0.4 is 15.4 Å². The quantitative estimate of drug-likeness (QED) is 0.223. The van der Waals surface area contributed by atoms with Crippen molar-refractivity contribution in [3.05, 3.63) is 77.1 Å². The summed E-state index contributed by atoms with van der Waals surface area (Å²) in [6.45, 7) is 10.1. The number of hydrogen-bond donors (Lipinski definition) is 2. The molecule has 4 aromatic rings. The summed E-state index contributed by atoms with van der Waals surface area (Å²) in [5, 5.41) is 14.9. The number of rotatable bonds is 7. The number of amides is 2. The van der Waals surface area contributed by atoms with Crippen LogP contribution in [0.2, 0.25) is 0 Å². The van der Waals surface area contributed by atoms with Crippen molar-refractivity contribution in [2.75, 3.05) is 11.9 Å². The van der Waals surface area contributed by atoms with Gasteiger partial charge >= 0.3 is 12.0 Å². The van der Waals surface area contributed by atoms with Gasteiger partial charge in [-0.25, -0.2) is 19.6 Å². The fraction of sp³-hybridized carbons (Fsp3) is 0.471. The third kappa shape index (κ3) is 6.34. The topological polar surface area (TPSA) is 133 Å². The molecule has 3 heterocycles. The first kappa shape index (κ1) is 30.5. The monoisotopic (exact) mass is 611 g/mol. The number of carbonyl (C=O) groups is 2. The van der Waals surface area contributed by atoms with E-state index in [0.29, 0.717) is 18.5 Å². The molecule has 1 saturated carbocycles. The van der Waals surface area contributed by atoms with Gasteiger partial charge < -0.3 is 14.8 Å². The fourth-order valence-corrected chi connectivity index (χ4v) is 6.41. The van der Waals surface area contributed by atoms with E-state index in [-0.39, 0.29) is 41.2 Å². The van der Waals surface area contributed by atoms with Crippen molar-refractivity contribution in [2.45, 2.75) is 96.1 Å². The lowest BCUT2D eigenvalue weighted by atomic mass is 9.85. The summed E-state index contributed by atoms with van der Waals surface area (Å²) in [7, 11) is 0. The van der Waals surface area contributed by atoms with E-state index in [1.165, 1.54) is 12.8 Å². The Bertz CT molecular complexity index is 1720. The van der Waals surface area contributed by atoms with Crippen LogP contribution in [0.1, 0.15) is 119 Å². The Morgan fingerprint density at radius 1 is 1.02 bits per heavy atom. The number of anilines is 1. The van der Waals surface area contributed by atoms with Gasteiger partial charge in [-0.05, 0) is 55.9 Å². The highest BCUT2D eigenvalue weighted by Gasteiger charge is 2.35. The molecule has 0 spiro atoms. The molecule has 0 bridgehead atoms. The standard InChI is InChI=1S/C34H41N7O4/c1-6-44-30(42)29-36-26(33(2,3)4)19-27(37-29)38-32(43)35-24-14-15-25(23-12-8-7-11-22(23)24)45-21-13-16-28-39-40-31(41(28)20-21)34(5)17-9-10-18-34/h7-8,11-13,16,19-20,24-25H,6,9-10,14-15,17-18H2,1-5H3,(H2,35,36,37,38,43)/t24-,25+/m0/s1. The van der Waals surface area contributed by atoms with Gasteiger partial charge in [0.25, 0.3) is 0 Å². The maximum atomic E-state index is 13.3. The van der Waals surface area contributed by atoms with Crippen molar-refractivity contribution in [1.29, 1.82) is 0 Å². The Morgan fingerprint density at radius 3 is 2.51 bits per heavy atom. The Labute approximate surface area is 263 Å². The van der Waals surface area contributed by atoms with Crippen molar-refractivity contribution in [3.8, 4) is 5.75 Å². The van der Waals surface area contributed by atoms with Crippen LogP contribution in [0.5, 0.6) is 5.75 Å². The van der Waals surface area contributed by atoms with Crippen LogP contribution in [0.25, 0.3) is 5.65 Å². The first-order chi connectivity index (χ1) is 21.5. The Hall–Kier alpha value is -4.54. The average Bonchev–Trinajstić information content (AvgIpc) is 3.65. The maximum absolute atomic E-state index is 13.3. The molecule has 11 heteroatoms. The minimum absolute atomic E-state index is 0.0232. The van der Waals surface area contributed by atoms with Crippen LogP contribution >= 0.6 is 0 Å². The predicted molar refractivity (Wildman–Crippen MR) is 169 cm³/mol. The lowest BCUT2D eigenvalue weighted by molar-refractivity contribution is 0.0511. The van der Waals surface area contributed by atoms with Gasteiger partial charge in [0.1, 0.15) is 23.5 Å². The Kier molecular flexibility index (Phi) is 8.20. The summed E-state index contributed by atoms with van der Waals surface area (Å²) < 4.78 is 13.8. The number of benzene rings is 1. The lowest BCUT2D eigenvalue weighted by Gasteiger charge is -2.32. The molecule has 6 rings (SSSR count). The summed E-state index contributed by atoms with van der Waals surface area (Å²) in [6.07, 6.45) is 7.85. The summed E-state index contributed by atoms with van der Waals surface area (Å²) in [6, 6.07) is 13.0. The van der Waals surface area contributed by atoms with E-state index < -0.39 is 12.0 Å². The molecule has 236 valence electrons. The molecular weight excluding hydrogens is 570 g/mol. The molecule has 0 radical (unpaired) electrons. The number of nitrogens with one attached hydrogen (secondary N) is 2. The number of nitrogens with zero attached hydrogens (tertiary/aromatic N) is 5. The van der Waals surface area contributed by atoms with E-state index in [2.05, 4.69) is 48.2 Å². The molecule has 11 nitrogen and oxygen atoms in total.